The topological polar surface area (TPSA) is 24.2 Å². The maximum atomic E-state index is 12.9. The molecule has 8 heteroatoms. The van der Waals surface area contributed by atoms with Crippen molar-refractivity contribution in [2.75, 3.05) is 4.90 Å². The van der Waals surface area contributed by atoms with E-state index in [1.807, 2.05) is 36.1 Å². The van der Waals surface area contributed by atoms with E-state index in [2.05, 4.69) is 0 Å². The third kappa shape index (κ3) is 3.74. The second-order valence-corrected chi connectivity index (χ2v) is 7.04. The highest BCUT2D eigenvalue weighted by molar-refractivity contribution is 8.27. The first kappa shape index (κ1) is 17.6. The molecule has 0 radical (unpaired) electrons. The Hall–Kier alpha value is -2.19. The standard InChI is InChI=1S/C17H12F3N2OS2/c1-21-7-5-11(6-8-21)9-14-15(23)22(16(24)25-14)13-4-2-3-12(10-13)17(18,19)20/h2-10H,1H3/q+1/b14-9-. The van der Waals surface area contributed by atoms with Gasteiger partial charge in [-0.25, -0.2) is 4.57 Å². The molecule has 1 aromatic heterocycles. The van der Waals surface area contributed by atoms with Crippen molar-refractivity contribution in [1.29, 1.82) is 0 Å². The first-order valence-electron chi connectivity index (χ1n) is 7.16. The van der Waals surface area contributed by atoms with Crippen LogP contribution in [0.1, 0.15) is 11.1 Å². The first-order valence-corrected chi connectivity index (χ1v) is 8.39. The van der Waals surface area contributed by atoms with Crippen LogP contribution in [0.2, 0.25) is 0 Å². The molecule has 128 valence electrons. The van der Waals surface area contributed by atoms with Crippen LogP contribution in [-0.2, 0) is 18.0 Å². The van der Waals surface area contributed by atoms with E-state index in [1.54, 1.807) is 6.08 Å². The number of thiocarbonyl (C=S) groups is 1. The molecule has 2 heterocycles. The molecule has 0 unspecified atom stereocenters. The fraction of sp³-hybridized carbons (Fsp3) is 0.118. The maximum Gasteiger partial charge on any atom is 0.416 e. The minimum absolute atomic E-state index is 0.111. The number of alkyl halides is 3. The van der Waals surface area contributed by atoms with E-state index in [4.69, 9.17) is 12.2 Å². The summed E-state index contributed by atoms with van der Waals surface area (Å²) in [5.41, 5.74) is 0.0985. The quantitative estimate of drug-likeness (QED) is 0.447. The summed E-state index contributed by atoms with van der Waals surface area (Å²) in [5, 5.41) is 0. The minimum atomic E-state index is -4.48. The lowest BCUT2D eigenvalue weighted by Crippen LogP contribution is -2.27. The molecular formula is C17H12F3N2OS2+. The third-order valence-electron chi connectivity index (χ3n) is 3.53. The van der Waals surface area contributed by atoms with Gasteiger partial charge in [0, 0.05) is 12.1 Å². The zero-order chi connectivity index (χ0) is 18.2. The number of anilines is 1. The molecule has 0 aliphatic carbocycles. The third-order valence-corrected chi connectivity index (χ3v) is 4.83. The van der Waals surface area contributed by atoms with E-state index >= 15 is 0 Å². The smallest absolute Gasteiger partial charge is 0.268 e. The SMILES string of the molecule is C[n+]1ccc(/C=C2\SC(=S)N(c3cccc(C(F)(F)F)c3)C2=O)cc1. The Morgan fingerprint density at radius 2 is 1.88 bits per heavy atom. The number of amides is 1. The summed E-state index contributed by atoms with van der Waals surface area (Å²) in [5.74, 6) is -0.428. The van der Waals surface area contributed by atoms with Gasteiger partial charge >= 0.3 is 6.18 Å². The molecule has 1 aromatic carbocycles. The number of thioether (sulfide) groups is 1. The Labute approximate surface area is 151 Å². The van der Waals surface area contributed by atoms with Gasteiger partial charge in [0.15, 0.2) is 16.7 Å². The van der Waals surface area contributed by atoms with Gasteiger partial charge in [0.2, 0.25) is 0 Å². The van der Waals surface area contributed by atoms with Gasteiger partial charge in [-0.05, 0) is 29.8 Å². The van der Waals surface area contributed by atoms with Crippen LogP contribution in [0.3, 0.4) is 0 Å². The summed E-state index contributed by atoms with van der Waals surface area (Å²) in [6.45, 7) is 0. The van der Waals surface area contributed by atoms with Crippen LogP contribution in [0.15, 0.2) is 53.7 Å². The summed E-state index contributed by atoms with van der Waals surface area (Å²) in [7, 11) is 1.87. The van der Waals surface area contributed by atoms with E-state index < -0.39 is 17.6 Å². The summed E-state index contributed by atoms with van der Waals surface area (Å²) < 4.78 is 40.7. The number of hydrogen-bond acceptors (Lipinski definition) is 3. The van der Waals surface area contributed by atoms with Gasteiger partial charge < -0.3 is 0 Å². The average molecular weight is 381 g/mol. The van der Waals surface area contributed by atoms with Crippen LogP contribution >= 0.6 is 24.0 Å². The zero-order valence-electron chi connectivity index (χ0n) is 12.9. The normalized spacial score (nSPS) is 16.8. The maximum absolute atomic E-state index is 12.9. The summed E-state index contributed by atoms with van der Waals surface area (Å²) in [6, 6.07) is 8.24. The summed E-state index contributed by atoms with van der Waals surface area (Å²) in [6.07, 6.45) is 0.859. The van der Waals surface area contributed by atoms with E-state index in [9.17, 15) is 18.0 Å². The Morgan fingerprint density at radius 3 is 2.52 bits per heavy atom. The van der Waals surface area contributed by atoms with Crippen LogP contribution < -0.4 is 9.47 Å². The fourth-order valence-electron chi connectivity index (χ4n) is 2.27. The molecule has 1 fully saturated rings. The molecule has 0 N–H and O–H groups in total. The molecule has 0 bridgehead atoms. The second kappa shape index (κ2) is 6.61. The number of nitrogens with zero attached hydrogens (tertiary/aromatic N) is 2. The van der Waals surface area contributed by atoms with Crippen molar-refractivity contribution in [2.45, 2.75) is 6.18 Å². The fourth-order valence-corrected chi connectivity index (χ4v) is 3.57. The number of rotatable bonds is 2. The Balaban J connectivity index is 1.93. The summed E-state index contributed by atoms with van der Waals surface area (Å²) in [4.78, 5) is 14.1. The van der Waals surface area contributed by atoms with Gasteiger partial charge in [0.1, 0.15) is 7.05 Å². The first-order chi connectivity index (χ1) is 11.8. The van der Waals surface area contributed by atoms with Crippen LogP contribution in [0, 0.1) is 0 Å². The molecular weight excluding hydrogens is 369 g/mol. The van der Waals surface area contributed by atoms with Crippen molar-refractivity contribution in [1.82, 2.24) is 0 Å². The molecule has 25 heavy (non-hydrogen) atoms. The molecule has 1 aliphatic heterocycles. The molecule has 3 nitrogen and oxygen atoms in total. The zero-order valence-corrected chi connectivity index (χ0v) is 14.6. The van der Waals surface area contributed by atoms with Crippen molar-refractivity contribution in [3.63, 3.8) is 0 Å². The molecule has 1 amide bonds. The largest absolute Gasteiger partial charge is 0.416 e. The lowest BCUT2D eigenvalue weighted by Gasteiger charge is -2.16. The highest BCUT2D eigenvalue weighted by Gasteiger charge is 2.36. The van der Waals surface area contributed by atoms with E-state index in [-0.39, 0.29) is 10.0 Å². The number of carbonyl (C=O) groups excluding carboxylic acids is 1. The monoisotopic (exact) mass is 381 g/mol. The Morgan fingerprint density at radius 1 is 1.20 bits per heavy atom. The summed E-state index contributed by atoms with van der Waals surface area (Å²) >= 11 is 6.26. The van der Waals surface area contributed by atoms with E-state index in [1.165, 1.54) is 12.1 Å². The Kier molecular flexibility index (Phi) is 4.66. The van der Waals surface area contributed by atoms with E-state index in [0.29, 0.717) is 4.91 Å². The number of benzene rings is 1. The van der Waals surface area contributed by atoms with Gasteiger partial charge in [-0.15, -0.1) is 0 Å². The Bertz CT molecular complexity index is 876. The van der Waals surface area contributed by atoms with Crippen LogP contribution in [-0.4, -0.2) is 10.2 Å². The van der Waals surface area contributed by atoms with Crippen molar-refractivity contribution < 1.29 is 22.5 Å². The lowest BCUT2D eigenvalue weighted by atomic mass is 10.2. The van der Waals surface area contributed by atoms with Crippen molar-refractivity contribution in [3.8, 4) is 0 Å². The van der Waals surface area contributed by atoms with Gasteiger partial charge in [-0.3, -0.25) is 9.69 Å². The van der Waals surface area contributed by atoms with Crippen LogP contribution in [0.25, 0.3) is 6.08 Å². The molecule has 1 aliphatic rings. The molecule has 0 atom stereocenters. The number of aryl methyl sites for hydroxylation is 1. The van der Waals surface area contributed by atoms with Crippen molar-refractivity contribution in [3.05, 3.63) is 64.8 Å². The average Bonchev–Trinajstić information content (AvgIpc) is 2.83. The predicted molar refractivity (Wildman–Crippen MR) is 94.7 cm³/mol. The van der Waals surface area contributed by atoms with Gasteiger partial charge in [0.25, 0.3) is 5.91 Å². The molecule has 2 aromatic rings. The molecule has 1 saturated heterocycles. The number of carbonyl (C=O) groups is 1. The second-order valence-electron chi connectivity index (χ2n) is 5.36. The van der Waals surface area contributed by atoms with Gasteiger partial charge in [-0.2, -0.15) is 13.2 Å². The number of hydrogen-bond donors (Lipinski definition) is 0. The lowest BCUT2D eigenvalue weighted by molar-refractivity contribution is -0.671. The number of halogens is 3. The van der Waals surface area contributed by atoms with Crippen LogP contribution in [0.4, 0.5) is 18.9 Å². The van der Waals surface area contributed by atoms with Crippen LogP contribution in [0.5, 0.6) is 0 Å². The number of aromatic nitrogens is 1. The van der Waals surface area contributed by atoms with E-state index in [0.717, 1.165) is 34.4 Å². The van der Waals surface area contributed by atoms with Crippen molar-refractivity contribution >= 4 is 46.0 Å². The highest BCUT2D eigenvalue weighted by atomic mass is 32.2. The van der Waals surface area contributed by atoms with Gasteiger partial charge in [-0.1, -0.05) is 30.0 Å². The molecule has 0 saturated carbocycles. The van der Waals surface area contributed by atoms with Crippen molar-refractivity contribution in [2.24, 2.45) is 7.05 Å². The minimum Gasteiger partial charge on any atom is -0.268 e. The van der Waals surface area contributed by atoms with Gasteiger partial charge in [0.05, 0.1) is 16.2 Å². The number of pyridine rings is 1. The highest BCUT2D eigenvalue weighted by Crippen LogP contribution is 2.38. The predicted octanol–water partition coefficient (Wildman–Crippen LogP) is 3.94. The molecule has 3 rings (SSSR count). The molecule has 0 spiro atoms.